The molecule has 154 valence electrons. The number of carbonyl (C=O) groups is 1. The van der Waals surface area contributed by atoms with E-state index >= 15 is 0 Å². The molecule has 1 aliphatic heterocycles. The molecule has 1 aromatic carbocycles. The van der Waals surface area contributed by atoms with Gasteiger partial charge in [0.25, 0.3) is 0 Å². The van der Waals surface area contributed by atoms with Gasteiger partial charge in [-0.05, 0) is 56.1 Å². The number of para-hydroxylation sites is 1. The molecule has 1 saturated carbocycles. The summed E-state index contributed by atoms with van der Waals surface area (Å²) in [6, 6.07) is 10.7. The van der Waals surface area contributed by atoms with Gasteiger partial charge in [-0.25, -0.2) is 9.97 Å². The third-order valence-electron chi connectivity index (χ3n) is 5.97. The molecule has 2 heterocycles. The second-order valence-electron chi connectivity index (χ2n) is 8.21. The Bertz CT molecular complexity index is 828. The Balaban J connectivity index is 1.22. The van der Waals surface area contributed by atoms with Crippen LogP contribution in [0.2, 0.25) is 0 Å². The normalized spacial score (nSPS) is 17.2. The Hall–Kier alpha value is -2.63. The zero-order valence-electron chi connectivity index (χ0n) is 17.2. The number of hydrogen-bond acceptors (Lipinski definition) is 5. The maximum absolute atomic E-state index is 12.4. The first-order chi connectivity index (χ1) is 14.2. The summed E-state index contributed by atoms with van der Waals surface area (Å²) in [6.45, 7) is 4.09. The number of nitrogens with zero attached hydrogens (tertiary/aromatic N) is 3. The lowest BCUT2D eigenvalue weighted by Crippen LogP contribution is -2.34. The van der Waals surface area contributed by atoms with Gasteiger partial charge in [0.1, 0.15) is 18.0 Å². The van der Waals surface area contributed by atoms with Crippen LogP contribution in [0.25, 0.3) is 0 Å². The molecule has 0 bridgehead atoms. The highest BCUT2D eigenvalue weighted by molar-refractivity contribution is 5.91. The lowest BCUT2D eigenvalue weighted by atomic mass is 9.92. The van der Waals surface area contributed by atoms with Gasteiger partial charge in [0.15, 0.2) is 0 Å². The molecule has 2 N–H and O–H groups in total. The largest absolute Gasteiger partial charge is 0.367 e. The third kappa shape index (κ3) is 5.46. The van der Waals surface area contributed by atoms with E-state index in [9.17, 15) is 4.79 Å². The maximum atomic E-state index is 12.4. The number of hydrogen-bond donors (Lipinski definition) is 2. The molecule has 0 radical (unpaired) electrons. The Labute approximate surface area is 173 Å². The number of benzene rings is 1. The van der Waals surface area contributed by atoms with Crippen molar-refractivity contribution in [1.82, 2.24) is 9.97 Å². The minimum Gasteiger partial charge on any atom is -0.367 e. The molecule has 0 unspecified atom stereocenters. The zero-order chi connectivity index (χ0) is 20.1. The summed E-state index contributed by atoms with van der Waals surface area (Å²) in [5, 5.41) is 6.53. The average Bonchev–Trinajstić information content (AvgIpc) is 3.57. The lowest BCUT2D eigenvalue weighted by Gasteiger charge is -2.32. The van der Waals surface area contributed by atoms with Crippen molar-refractivity contribution in [2.45, 2.75) is 57.9 Å². The number of rotatable bonds is 8. The third-order valence-corrected chi connectivity index (χ3v) is 5.97. The first-order valence-electron chi connectivity index (χ1n) is 10.9. The molecule has 1 amide bonds. The van der Waals surface area contributed by atoms with Crippen molar-refractivity contribution < 1.29 is 4.79 Å². The molecule has 2 aliphatic rings. The van der Waals surface area contributed by atoms with Gasteiger partial charge >= 0.3 is 0 Å². The molecule has 2 fully saturated rings. The highest BCUT2D eigenvalue weighted by Crippen LogP contribution is 2.28. The molecule has 0 atom stereocenters. The summed E-state index contributed by atoms with van der Waals surface area (Å²) in [5.74, 6) is 2.67. The van der Waals surface area contributed by atoms with Crippen molar-refractivity contribution in [3.8, 4) is 0 Å². The van der Waals surface area contributed by atoms with Crippen molar-refractivity contribution in [2.75, 3.05) is 28.6 Å². The molecular formula is C23H31N5O. The van der Waals surface area contributed by atoms with E-state index in [1.54, 1.807) is 6.33 Å². The van der Waals surface area contributed by atoms with Crippen LogP contribution in [0.4, 0.5) is 17.3 Å². The van der Waals surface area contributed by atoms with Gasteiger partial charge in [0, 0.05) is 37.3 Å². The zero-order valence-corrected chi connectivity index (χ0v) is 17.2. The van der Waals surface area contributed by atoms with E-state index in [0.717, 1.165) is 56.1 Å². The predicted octanol–water partition coefficient (Wildman–Crippen LogP) is 4.25. The average molecular weight is 394 g/mol. The standard InChI is InChI=1S/C23H31N5O/c1-2-18-5-3-4-6-20(18)27-23(29)10-7-17-11-13-28(14-12-17)22-15-21(24-16-25-22)26-19-8-9-19/h3-6,15-17,19H,2,7-14H2,1H3,(H,27,29)(H,24,25,26). The van der Waals surface area contributed by atoms with Crippen LogP contribution < -0.4 is 15.5 Å². The van der Waals surface area contributed by atoms with Crippen molar-refractivity contribution in [2.24, 2.45) is 5.92 Å². The molecule has 2 aromatic rings. The first-order valence-corrected chi connectivity index (χ1v) is 10.9. The molecule has 1 aromatic heterocycles. The molecule has 0 spiro atoms. The van der Waals surface area contributed by atoms with Crippen molar-refractivity contribution in [3.63, 3.8) is 0 Å². The smallest absolute Gasteiger partial charge is 0.224 e. The van der Waals surface area contributed by atoms with Crippen LogP contribution in [0, 0.1) is 5.92 Å². The molecular weight excluding hydrogens is 362 g/mol. The second-order valence-corrected chi connectivity index (χ2v) is 8.21. The minimum absolute atomic E-state index is 0.125. The van der Waals surface area contributed by atoms with E-state index in [2.05, 4.69) is 44.6 Å². The number of aryl methyl sites for hydroxylation is 1. The highest BCUT2D eigenvalue weighted by Gasteiger charge is 2.23. The van der Waals surface area contributed by atoms with Gasteiger partial charge in [-0.2, -0.15) is 0 Å². The minimum atomic E-state index is 0.125. The van der Waals surface area contributed by atoms with Gasteiger partial charge in [0.05, 0.1) is 0 Å². The monoisotopic (exact) mass is 393 g/mol. The van der Waals surface area contributed by atoms with Crippen LogP contribution in [-0.2, 0) is 11.2 Å². The lowest BCUT2D eigenvalue weighted by molar-refractivity contribution is -0.116. The predicted molar refractivity (Wildman–Crippen MR) is 117 cm³/mol. The fraction of sp³-hybridized carbons (Fsp3) is 0.522. The SMILES string of the molecule is CCc1ccccc1NC(=O)CCC1CCN(c2cc(NC3CC3)ncn2)CC1. The van der Waals surface area contributed by atoms with Crippen molar-refractivity contribution in [1.29, 1.82) is 0 Å². The molecule has 6 heteroatoms. The van der Waals surface area contributed by atoms with E-state index in [0.29, 0.717) is 18.4 Å². The topological polar surface area (TPSA) is 70.2 Å². The number of aromatic nitrogens is 2. The summed E-state index contributed by atoms with van der Waals surface area (Å²) < 4.78 is 0. The quantitative estimate of drug-likeness (QED) is 0.702. The summed E-state index contributed by atoms with van der Waals surface area (Å²) >= 11 is 0. The van der Waals surface area contributed by atoms with Gasteiger partial charge in [-0.15, -0.1) is 0 Å². The molecule has 6 nitrogen and oxygen atoms in total. The van der Waals surface area contributed by atoms with Crippen LogP contribution in [0.5, 0.6) is 0 Å². The van der Waals surface area contributed by atoms with E-state index in [-0.39, 0.29) is 5.91 Å². The molecule has 4 rings (SSSR count). The Morgan fingerprint density at radius 2 is 1.93 bits per heavy atom. The summed E-state index contributed by atoms with van der Waals surface area (Å²) in [5.41, 5.74) is 2.14. The number of nitrogens with one attached hydrogen (secondary N) is 2. The van der Waals surface area contributed by atoms with Gasteiger partial charge in [-0.1, -0.05) is 25.1 Å². The van der Waals surface area contributed by atoms with Crippen LogP contribution in [0.15, 0.2) is 36.7 Å². The van der Waals surface area contributed by atoms with E-state index in [1.165, 1.54) is 18.4 Å². The highest BCUT2D eigenvalue weighted by atomic mass is 16.1. The van der Waals surface area contributed by atoms with E-state index in [4.69, 9.17) is 0 Å². The summed E-state index contributed by atoms with van der Waals surface area (Å²) in [6.07, 6.45) is 8.81. The molecule has 1 saturated heterocycles. The number of amides is 1. The maximum Gasteiger partial charge on any atom is 0.224 e. The summed E-state index contributed by atoms with van der Waals surface area (Å²) in [7, 11) is 0. The van der Waals surface area contributed by atoms with Crippen molar-refractivity contribution >= 4 is 23.2 Å². The van der Waals surface area contributed by atoms with Gasteiger partial charge in [-0.3, -0.25) is 4.79 Å². The number of anilines is 3. The van der Waals surface area contributed by atoms with Crippen LogP contribution >= 0.6 is 0 Å². The van der Waals surface area contributed by atoms with Crippen LogP contribution in [-0.4, -0.2) is 35.0 Å². The van der Waals surface area contributed by atoms with Gasteiger partial charge in [0.2, 0.25) is 5.91 Å². The molecule has 1 aliphatic carbocycles. The fourth-order valence-corrected chi connectivity index (χ4v) is 3.98. The Morgan fingerprint density at radius 1 is 1.14 bits per heavy atom. The van der Waals surface area contributed by atoms with E-state index in [1.807, 2.05) is 18.2 Å². The number of piperidine rings is 1. The Morgan fingerprint density at radius 3 is 2.69 bits per heavy atom. The first kappa shape index (κ1) is 19.7. The van der Waals surface area contributed by atoms with Crippen LogP contribution in [0.3, 0.4) is 0 Å². The number of carbonyl (C=O) groups excluding carboxylic acids is 1. The van der Waals surface area contributed by atoms with Crippen molar-refractivity contribution in [3.05, 3.63) is 42.2 Å². The molecule has 29 heavy (non-hydrogen) atoms. The summed E-state index contributed by atoms with van der Waals surface area (Å²) in [4.78, 5) is 23.5. The van der Waals surface area contributed by atoms with Crippen LogP contribution in [0.1, 0.15) is 51.0 Å². The fourth-order valence-electron chi connectivity index (χ4n) is 3.98. The van der Waals surface area contributed by atoms with E-state index < -0.39 is 0 Å². The van der Waals surface area contributed by atoms with Gasteiger partial charge < -0.3 is 15.5 Å². The second kappa shape index (κ2) is 9.25. The Kier molecular flexibility index (Phi) is 6.27.